The van der Waals surface area contributed by atoms with Crippen LogP contribution in [0.15, 0.2) is 0 Å². The number of aliphatic carboxylic acids is 2. The Balaban J connectivity index is 2.67. The second-order valence-electron chi connectivity index (χ2n) is 8.00. The maximum atomic E-state index is 10.8. The highest BCUT2D eigenvalue weighted by molar-refractivity contribution is 5.66. The lowest BCUT2D eigenvalue weighted by Gasteiger charge is -2.51. The highest BCUT2D eigenvalue weighted by Crippen LogP contribution is 2.42. The third-order valence-electron chi connectivity index (χ3n) is 6.32. The van der Waals surface area contributed by atoms with Crippen LogP contribution >= 0.6 is 0 Å². The number of carboxylic acids is 2. The van der Waals surface area contributed by atoms with E-state index in [2.05, 4.69) is 32.7 Å². The van der Waals surface area contributed by atoms with Crippen LogP contribution in [-0.2, 0) is 9.59 Å². The van der Waals surface area contributed by atoms with Crippen LogP contribution in [0.1, 0.15) is 72.1 Å². The summed E-state index contributed by atoms with van der Waals surface area (Å²) in [4.78, 5) is 23.9. The summed E-state index contributed by atoms with van der Waals surface area (Å²) in [5.74, 6) is 0.184. The van der Waals surface area contributed by atoms with Crippen molar-refractivity contribution in [2.24, 2.45) is 17.8 Å². The van der Waals surface area contributed by atoms with E-state index in [0.717, 1.165) is 45.1 Å². The Kier molecular flexibility index (Phi) is 8.20. The molecule has 5 nitrogen and oxygen atoms in total. The van der Waals surface area contributed by atoms with Crippen molar-refractivity contribution < 1.29 is 19.8 Å². The van der Waals surface area contributed by atoms with Gasteiger partial charge in [0.15, 0.2) is 0 Å². The van der Waals surface area contributed by atoms with Crippen LogP contribution in [0.3, 0.4) is 0 Å². The molecule has 0 amide bonds. The first-order valence-electron chi connectivity index (χ1n) is 9.31. The monoisotopic (exact) mass is 341 g/mol. The van der Waals surface area contributed by atoms with Crippen molar-refractivity contribution in [2.75, 3.05) is 13.6 Å². The number of likely N-dealkylation sites (tertiary alicyclic amines) is 1. The zero-order valence-electron chi connectivity index (χ0n) is 15.8. The minimum absolute atomic E-state index is 0.148. The van der Waals surface area contributed by atoms with E-state index in [1.165, 1.54) is 0 Å². The smallest absolute Gasteiger partial charge is 0.303 e. The largest absolute Gasteiger partial charge is 0.481 e. The van der Waals surface area contributed by atoms with E-state index < -0.39 is 11.9 Å². The summed E-state index contributed by atoms with van der Waals surface area (Å²) < 4.78 is 0. The van der Waals surface area contributed by atoms with Gasteiger partial charge in [-0.05, 0) is 70.9 Å². The molecule has 1 aliphatic rings. The summed E-state index contributed by atoms with van der Waals surface area (Å²) in [6.45, 7) is 7.99. The van der Waals surface area contributed by atoms with Crippen molar-refractivity contribution in [1.82, 2.24) is 4.90 Å². The Morgan fingerprint density at radius 1 is 1.08 bits per heavy atom. The molecule has 1 fully saturated rings. The van der Waals surface area contributed by atoms with Crippen LogP contribution in [-0.4, -0.2) is 46.2 Å². The van der Waals surface area contributed by atoms with Gasteiger partial charge in [0.05, 0.1) is 0 Å². The number of piperidine rings is 1. The molecular weight excluding hydrogens is 306 g/mol. The lowest BCUT2D eigenvalue weighted by molar-refractivity contribution is -0.138. The van der Waals surface area contributed by atoms with E-state index in [-0.39, 0.29) is 18.4 Å². The first kappa shape index (κ1) is 20.9. The van der Waals surface area contributed by atoms with E-state index in [9.17, 15) is 9.59 Å². The molecule has 1 aliphatic heterocycles. The maximum Gasteiger partial charge on any atom is 0.303 e. The number of carbonyl (C=O) groups is 2. The minimum atomic E-state index is -0.730. The van der Waals surface area contributed by atoms with Crippen molar-refractivity contribution in [3.8, 4) is 0 Å². The summed E-state index contributed by atoms with van der Waals surface area (Å²) in [5, 5.41) is 17.7. The molecule has 2 N–H and O–H groups in total. The average molecular weight is 341 g/mol. The summed E-state index contributed by atoms with van der Waals surface area (Å²) in [6, 6.07) is 0. The molecular formula is C19H35NO4. The molecule has 0 bridgehead atoms. The quantitative estimate of drug-likeness (QED) is 0.590. The standard InChI is InChI=1S/C19H35NO4/c1-14-16(12-13-20(4)19(14,2)3)15(9-7-11-18(23)24)8-5-6-10-17(21)22/h14-16H,5-13H2,1-4H3,(H,21,22)(H,23,24). The fourth-order valence-corrected chi connectivity index (χ4v) is 4.17. The average Bonchev–Trinajstić information content (AvgIpc) is 2.48. The molecule has 0 radical (unpaired) electrons. The number of rotatable bonds is 10. The zero-order chi connectivity index (χ0) is 18.3. The third kappa shape index (κ3) is 6.08. The van der Waals surface area contributed by atoms with Crippen LogP contribution in [0.4, 0.5) is 0 Å². The van der Waals surface area contributed by atoms with Gasteiger partial charge >= 0.3 is 11.9 Å². The minimum Gasteiger partial charge on any atom is -0.481 e. The van der Waals surface area contributed by atoms with Crippen LogP contribution in [0.2, 0.25) is 0 Å². The predicted octanol–water partition coefficient (Wildman–Crippen LogP) is 3.87. The van der Waals surface area contributed by atoms with Crippen LogP contribution in [0.5, 0.6) is 0 Å². The summed E-state index contributed by atoms with van der Waals surface area (Å²) in [5.41, 5.74) is 0.148. The van der Waals surface area contributed by atoms with E-state index in [1.807, 2.05) is 0 Å². The number of unbranched alkanes of at least 4 members (excludes halogenated alkanes) is 1. The fourth-order valence-electron chi connectivity index (χ4n) is 4.17. The van der Waals surface area contributed by atoms with E-state index >= 15 is 0 Å². The van der Waals surface area contributed by atoms with Gasteiger partial charge in [-0.1, -0.05) is 19.8 Å². The first-order chi connectivity index (χ1) is 11.2. The van der Waals surface area contributed by atoms with Gasteiger partial charge in [-0.2, -0.15) is 0 Å². The Morgan fingerprint density at radius 2 is 1.62 bits per heavy atom. The van der Waals surface area contributed by atoms with Crippen LogP contribution in [0, 0.1) is 17.8 Å². The Hall–Kier alpha value is -1.10. The Morgan fingerprint density at radius 3 is 2.21 bits per heavy atom. The van der Waals surface area contributed by atoms with Gasteiger partial charge in [0.1, 0.15) is 0 Å². The molecule has 0 aromatic rings. The summed E-state index contributed by atoms with van der Waals surface area (Å²) >= 11 is 0. The predicted molar refractivity (Wildman–Crippen MR) is 95.1 cm³/mol. The van der Waals surface area contributed by atoms with E-state index in [0.29, 0.717) is 17.8 Å². The van der Waals surface area contributed by atoms with Gasteiger partial charge in [-0.25, -0.2) is 0 Å². The molecule has 1 rings (SSSR count). The number of hydrogen-bond donors (Lipinski definition) is 2. The molecule has 140 valence electrons. The molecule has 0 spiro atoms. The third-order valence-corrected chi connectivity index (χ3v) is 6.32. The van der Waals surface area contributed by atoms with E-state index in [1.54, 1.807) is 0 Å². The topological polar surface area (TPSA) is 77.8 Å². The molecule has 3 unspecified atom stereocenters. The number of carboxylic acid groups (broad SMARTS) is 2. The Labute approximate surface area is 146 Å². The second-order valence-corrected chi connectivity index (χ2v) is 8.00. The number of hydrogen-bond acceptors (Lipinski definition) is 3. The molecule has 24 heavy (non-hydrogen) atoms. The van der Waals surface area contributed by atoms with Gasteiger partial charge in [-0.15, -0.1) is 0 Å². The molecule has 0 aromatic heterocycles. The van der Waals surface area contributed by atoms with Crippen molar-refractivity contribution in [3.63, 3.8) is 0 Å². The van der Waals surface area contributed by atoms with Gasteiger partial charge in [0.2, 0.25) is 0 Å². The van der Waals surface area contributed by atoms with Gasteiger partial charge in [0, 0.05) is 18.4 Å². The lowest BCUT2D eigenvalue weighted by atomic mass is 9.66. The van der Waals surface area contributed by atoms with Crippen LogP contribution in [0.25, 0.3) is 0 Å². The van der Waals surface area contributed by atoms with Crippen molar-refractivity contribution >= 4 is 11.9 Å². The summed E-state index contributed by atoms with van der Waals surface area (Å²) in [7, 11) is 2.18. The zero-order valence-corrected chi connectivity index (χ0v) is 15.8. The Bertz CT molecular complexity index is 422. The molecule has 0 saturated carbocycles. The van der Waals surface area contributed by atoms with E-state index in [4.69, 9.17) is 10.2 Å². The fraction of sp³-hybridized carbons (Fsp3) is 0.895. The molecule has 0 aromatic carbocycles. The highest BCUT2D eigenvalue weighted by Gasteiger charge is 2.41. The van der Waals surface area contributed by atoms with Gasteiger partial charge in [0.25, 0.3) is 0 Å². The SMILES string of the molecule is CC1C(C(CCCCC(=O)O)CCCC(=O)O)CCN(C)C1(C)C. The van der Waals surface area contributed by atoms with Crippen molar-refractivity contribution in [2.45, 2.75) is 77.7 Å². The molecule has 5 heteroatoms. The normalized spacial score (nSPS) is 25.3. The lowest BCUT2D eigenvalue weighted by Crippen LogP contribution is -2.54. The van der Waals surface area contributed by atoms with Gasteiger partial charge < -0.3 is 15.1 Å². The maximum absolute atomic E-state index is 10.8. The molecule has 3 atom stereocenters. The molecule has 1 saturated heterocycles. The van der Waals surface area contributed by atoms with Crippen molar-refractivity contribution in [1.29, 1.82) is 0 Å². The molecule has 0 aliphatic carbocycles. The van der Waals surface area contributed by atoms with Crippen LogP contribution < -0.4 is 0 Å². The van der Waals surface area contributed by atoms with Crippen molar-refractivity contribution in [3.05, 3.63) is 0 Å². The second kappa shape index (κ2) is 9.40. The molecule has 1 heterocycles. The van der Waals surface area contributed by atoms with Gasteiger partial charge in [-0.3, -0.25) is 9.59 Å². The first-order valence-corrected chi connectivity index (χ1v) is 9.31. The summed E-state index contributed by atoms with van der Waals surface area (Å²) in [6.07, 6.45) is 5.93. The number of nitrogens with zero attached hydrogens (tertiary/aromatic N) is 1. The highest BCUT2D eigenvalue weighted by atomic mass is 16.4.